The molecule has 0 aromatic heterocycles. The predicted octanol–water partition coefficient (Wildman–Crippen LogP) is 2.32. The highest BCUT2D eigenvalue weighted by molar-refractivity contribution is 5.92. The number of hydrogen-bond donors (Lipinski definition) is 2. The molecule has 17 heavy (non-hydrogen) atoms. The molecule has 1 aliphatic rings. The molecule has 2 rings (SSSR count). The number of amides is 1. The van der Waals surface area contributed by atoms with Crippen LogP contribution in [0.4, 0.5) is 5.69 Å². The predicted molar refractivity (Wildman–Crippen MR) is 70.0 cm³/mol. The van der Waals surface area contributed by atoms with Crippen LogP contribution in [0.25, 0.3) is 0 Å². The van der Waals surface area contributed by atoms with Gasteiger partial charge in [0.15, 0.2) is 0 Å². The van der Waals surface area contributed by atoms with Gasteiger partial charge in [0.1, 0.15) is 0 Å². The van der Waals surface area contributed by atoms with Gasteiger partial charge in [-0.05, 0) is 37.8 Å². The molecule has 3 nitrogen and oxygen atoms in total. The summed E-state index contributed by atoms with van der Waals surface area (Å²) in [4.78, 5) is 11.6. The van der Waals surface area contributed by atoms with E-state index < -0.39 is 0 Å². The summed E-state index contributed by atoms with van der Waals surface area (Å²) >= 11 is 0. The summed E-state index contributed by atoms with van der Waals surface area (Å²) < 4.78 is 0. The number of nitrogens with one attached hydrogen (secondary N) is 2. The van der Waals surface area contributed by atoms with Gasteiger partial charge in [-0.2, -0.15) is 0 Å². The maximum Gasteiger partial charge on any atom is 0.238 e. The van der Waals surface area contributed by atoms with E-state index in [0.29, 0.717) is 12.6 Å². The molecule has 1 fully saturated rings. The number of rotatable bonds is 4. The highest BCUT2D eigenvalue weighted by Gasteiger charge is 2.24. The van der Waals surface area contributed by atoms with Gasteiger partial charge in [-0.1, -0.05) is 24.6 Å². The number of carbonyl (C=O) groups is 1. The van der Waals surface area contributed by atoms with E-state index in [-0.39, 0.29) is 5.91 Å². The lowest BCUT2D eigenvalue weighted by Crippen LogP contribution is -2.43. The van der Waals surface area contributed by atoms with E-state index in [4.69, 9.17) is 0 Å². The van der Waals surface area contributed by atoms with E-state index in [1.807, 2.05) is 31.2 Å². The quantitative estimate of drug-likeness (QED) is 0.836. The van der Waals surface area contributed by atoms with Crippen LogP contribution in [0.5, 0.6) is 0 Å². The first-order chi connectivity index (χ1) is 8.13. The van der Waals surface area contributed by atoms with Gasteiger partial charge in [0.05, 0.1) is 6.54 Å². The van der Waals surface area contributed by atoms with E-state index in [9.17, 15) is 4.79 Å². The summed E-state index contributed by atoms with van der Waals surface area (Å²) in [5, 5.41) is 6.15. The number of carbonyl (C=O) groups excluding carboxylic acids is 1. The molecule has 0 atom stereocenters. The second-order valence-electron chi connectivity index (χ2n) is 5.07. The van der Waals surface area contributed by atoms with Crippen LogP contribution in [0.2, 0.25) is 0 Å². The Morgan fingerprint density at radius 3 is 2.53 bits per heavy atom. The van der Waals surface area contributed by atoms with Crippen molar-refractivity contribution in [2.75, 3.05) is 11.9 Å². The molecule has 0 heterocycles. The Kier molecular flexibility index (Phi) is 3.79. The first-order valence-corrected chi connectivity index (χ1v) is 6.23. The molecule has 0 aliphatic heterocycles. The van der Waals surface area contributed by atoms with Crippen LogP contribution in [0, 0.1) is 12.8 Å². The Labute approximate surface area is 103 Å². The fourth-order valence-electron chi connectivity index (χ4n) is 2.15. The van der Waals surface area contributed by atoms with Crippen molar-refractivity contribution in [3.8, 4) is 0 Å². The molecule has 0 bridgehead atoms. The van der Waals surface area contributed by atoms with Crippen molar-refractivity contribution in [3.05, 3.63) is 29.8 Å². The number of benzene rings is 1. The topological polar surface area (TPSA) is 41.1 Å². The highest BCUT2D eigenvalue weighted by Crippen LogP contribution is 2.25. The van der Waals surface area contributed by atoms with E-state index >= 15 is 0 Å². The number of anilines is 1. The summed E-state index contributed by atoms with van der Waals surface area (Å²) in [5.41, 5.74) is 2.06. The van der Waals surface area contributed by atoms with Crippen LogP contribution < -0.4 is 10.6 Å². The van der Waals surface area contributed by atoms with Crippen LogP contribution in [0.3, 0.4) is 0 Å². The normalized spacial score (nSPS) is 22.9. The fraction of sp³-hybridized carbons (Fsp3) is 0.500. The molecule has 1 aromatic carbocycles. The van der Waals surface area contributed by atoms with Gasteiger partial charge in [0.2, 0.25) is 5.91 Å². The molecule has 3 heteroatoms. The van der Waals surface area contributed by atoms with Gasteiger partial charge in [-0.15, -0.1) is 0 Å². The third-order valence-corrected chi connectivity index (χ3v) is 3.26. The second-order valence-corrected chi connectivity index (χ2v) is 5.07. The lowest BCUT2D eigenvalue weighted by molar-refractivity contribution is -0.115. The molecule has 1 saturated carbocycles. The summed E-state index contributed by atoms with van der Waals surface area (Å²) in [7, 11) is 0. The molecular weight excluding hydrogens is 212 g/mol. The molecule has 2 N–H and O–H groups in total. The lowest BCUT2D eigenvalue weighted by Gasteiger charge is -2.33. The van der Waals surface area contributed by atoms with E-state index in [2.05, 4.69) is 17.6 Å². The van der Waals surface area contributed by atoms with Crippen LogP contribution >= 0.6 is 0 Å². The van der Waals surface area contributed by atoms with Crippen LogP contribution in [0.1, 0.15) is 25.3 Å². The summed E-state index contributed by atoms with van der Waals surface area (Å²) in [6.07, 6.45) is 2.38. The van der Waals surface area contributed by atoms with Crippen molar-refractivity contribution in [1.82, 2.24) is 5.32 Å². The average molecular weight is 232 g/mol. The van der Waals surface area contributed by atoms with Crippen molar-refractivity contribution >= 4 is 11.6 Å². The van der Waals surface area contributed by atoms with Gasteiger partial charge < -0.3 is 10.6 Å². The average Bonchev–Trinajstić information content (AvgIpc) is 2.26. The molecule has 0 unspecified atom stereocenters. The van der Waals surface area contributed by atoms with Crippen LogP contribution in [-0.4, -0.2) is 18.5 Å². The molecular formula is C14H20N2O. The van der Waals surface area contributed by atoms with Crippen molar-refractivity contribution < 1.29 is 4.79 Å². The minimum Gasteiger partial charge on any atom is -0.325 e. The molecule has 0 saturated heterocycles. The summed E-state index contributed by atoms with van der Waals surface area (Å²) in [5.74, 6) is 0.848. The first-order valence-electron chi connectivity index (χ1n) is 6.23. The van der Waals surface area contributed by atoms with Gasteiger partial charge in [0, 0.05) is 11.7 Å². The van der Waals surface area contributed by atoms with E-state index in [1.165, 1.54) is 18.4 Å². The molecule has 1 aliphatic carbocycles. The van der Waals surface area contributed by atoms with Crippen molar-refractivity contribution in [1.29, 1.82) is 0 Å². The smallest absolute Gasteiger partial charge is 0.238 e. The zero-order valence-electron chi connectivity index (χ0n) is 10.5. The molecule has 92 valence electrons. The standard InChI is InChI=1S/C14H20N2O/c1-10-3-5-12(6-4-10)16-14(17)9-15-13-7-11(2)8-13/h3-6,11,13,15H,7-9H2,1-2H3,(H,16,17). The first kappa shape index (κ1) is 12.1. The Morgan fingerprint density at radius 2 is 1.94 bits per heavy atom. The van der Waals surface area contributed by atoms with E-state index in [0.717, 1.165) is 11.6 Å². The van der Waals surface area contributed by atoms with Gasteiger partial charge >= 0.3 is 0 Å². The number of aryl methyl sites for hydroxylation is 1. The maximum absolute atomic E-state index is 11.6. The van der Waals surface area contributed by atoms with Gasteiger partial charge in [0.25, 0.3) is 0 Å². The zero-order chi connectivity index (χ0) is 12.3. The fourth-order valence-corrected chi connectivity index (χ4v) is 2.15. The third-order valence-electron chi connectivity index (χ3n) is 3.26. The van der Waals surface area contributed by atoms with Crippen molar-refractivity contribution in [2.45, 2.75) is 32.7 Å². The Balaban J connectivity index is 1.71. The van der Waals surface area contributed by atoms with Crippen LogP contribution in [-0.2, 0) is 4.79 Å². The third kappa shape index (κ3) is 3.56. The second kappa shape index (κ2) is 5.32. The summed E-state index contributed by atoms with van der Waals surface area (Å²) in [6.45, 7) is 4.68. The van der Waals surface area contributed by atoms with Gasteiger partial charge in [-0.3, -0.25) is 4.79 Å². The molecule has 1 amide bonds. The lowest BCUT2D eigenvalue weighted by atomic mass is 9.82. The van der Waals surface area contributed by atoms with Crippen molar-refractivity contribution in [2.24, 2.45) is 5.92 Å². The SMILES string of the molecule is Cc1ccc(NC(=O)CNC2CC(C)C2)cc1. The molecule has 0 radical (unpaired) electrons. The Hall–Kier alpha value is -1.35. The minimum atomic E-state index is 0.0356. The minimum absolute atomic E-state index is 0.0356. The maximum atomic E-state index is 11.6. The van der Waals surface area contributed by atoms with Gasteiger partial charge in [-0.25, -0.2) is 0 Å². The number of hydrogen-bond acceptors (Lipinski definition) is 2. The molecule has 1 aromatic rings. The van der Waals surface area contributed by atoms with Crippen LogP contribution in [0.15, 0.2) is 24.3 Å². The zero-order valence-corrected chi connectivity index (χ0v) is 10.5. The largest absolute Gasteiger partial charge is 0.325 e. The summed E-state index contributed by atoms with van der Waals surface area (Å²) in [6, 6.07) is 8.39. The van der Waals surface area contributed by atoms with Crippen molar-refractivity contribution in [3.63, 3.8) is 0 Å². The molecule has 0 spiro atoms. The van der Waals surface area contributed by atoms with E-state index in [1.54, 1.807) is 0 Å². The Morgan fingerprint density at radius 1 is 1.29 bits per heavy atom. The highest BCUT2D eigenvalue weighted by atomic mass is 16.1. The monoisotopic (exact) mass is 232 g/mol. The Bertz CT molecular complexity index is 380.